The molecule has 2 aliphatic heterocycles. The van der Waals surface area contributed by atoms with E-state index in [1.54, 1.807) is 11.3 Å². The number of ether oxygens (including phenoxy) is 1. The molecule has 1 fully saturated rings. The van der Waals surface area contributed by atoms with E-state index in [4.69, 9.17) is 9.15 Å². The lowest BCUT2D eigenvalue weighted by Gasteiger charge is -2.28. The van der Waals surface area contributed by atoms with Gasteiger partial charge in [0.05, 0.1) is 25.2 Å². The van der Waals surface area contributed by atoms with Crippen molar-refractivity contribution in [2.45, 2.75) is 19.4 Å². The largest absolute Gasteiger partial charge is 0.467 e. The number of amides is 1. The van der Waals surface area contributed by atoms with E-state index in [1.807, 2.05) is 12.1 Å². The van der Waals surface area contributed by atoms with Crippen molar-refractivity contribution in [3.63, 3.8) is 0 Å². The molecule has 0 spiro atoms. The lowest BCUT2D eigenvalue weighted by atomic mass is 10.1. The van der Waals surface area contributed by atoms with Crippen LogP contribution in [0.1, 0.15) is 29.3 Å². The number of morpholine rings is 1. The summed E-state index contributed by atoms with van der Waals surface area (Å²) in [5.41, 5.74) is 6.48. The van der Waals surface area contributed by atoms with Crippen LogP contribution >= 0.6 is 0 Å². The second kappa shape index (κ2) is 7.98. The van der Waals surface area contributed by atoms with Crippen LogP contribution in [0.2, 0.25) is 0 Å². The number of carbonyl (C=O) groups excluding carboxylic acids is 1. The maximum absolute atomic E-state index is 13.0. The fourth-order valence-corrected chi connectivity index (χ4v) is 3.45. The average molecular weight is 367 g/mol. The summed E-state index contributed by atoms with van der Waals surface area (Å²) in [5.74, 6) is 0.811. The highest BCUT2D eigenvalue weighted by molar-refractivity contribution is 5.81. The normalized spacial score (nSPS) is 20.4. The third-order valence-corrected chi connectivity index (χ3v) is 5.06. The summed E-state index contributed by atoms with van der Waals surface area (Å²) in [6.45, 7) is 6.05. The van der Waals surface area contributed by atoms with Gasteiger partial charge in [-0.2, -0.15) is 0 Å². The molecule has 0 radical (unpaired) electrons. The van der Waals surface area contributed by atoms with Crippen molar-refractivity contribution in [2.75, 3.05) is 32.8 Å². The molecule has 0 aliphatic carbocycles. The highest BCUT2D eigenvalue weighted by Gasteiger charge is 2.32. The average Bonchev–Trinajstić information content (AvgIpc) is 3.37. The van der Waals surface area contributed by atoms with E-state index in [2.05, 4.69) is 47.6 Å². The highest BCUT2D eigenvalue weighted by atomic mass is 16.5. The third kappa shape index (κ3) is 4.07. The first kappa shape index (κ1) is 17.8. The molecule has 0 saturated carbocycles. The molecular weight excluding hydrogens is 342 g/mol. The number of rotatable bonds is 5. The lowest BCUT2D eigenvalue weighted by molar-refractivity contribution is -0.135. The SMILES string of the molecule is Cc1ccc(C2=C[C@@H](c3ccco3)N(C(=O)CCN3CCOCC3)N2)cc1. The van der Waals surface area contributed by atoms with Crippen LogP contribution in [0, 0.1) is 6.92 Å². The third-order valence-electron chi connectivity index (χ3n) is 5.06. The number of carbonyl (C=O) groups is 1. The van der Waals surface area contributed by atoms with Crippen molar-refractivity contribution in [3.05, 3.63) is 65.6 Å². The van der Waals surface area contributed by atoms with Gasteiger partial charge in [-0.25, -0.2) is 5.01 Å². The monoisotopic (exact) mass is 367 g/mol. The van der Waals surface area contributed by atoms with Crippen molar-refractivity contribution in [2.24, 2.45) is 0 Å². The first-order valence-corrected chi connectivity index (χ1v) is 9.42. The second-order valence-corrected chi connectivity index (χ2v) is 6.99. The Morgan fingerprint density at radius 2 is 1.96 bits per heavy atom. The summed E-state index contributed by atoms with van der Waals surface area (Å²) in [5, 5.41) is 1.69. The summed E-state index contributed by atoms with van der Waals surface area (Å²) in [6.07, 6.45) is 4.15. The van der Waals surface area contributed by atoms with Crippen LogP contribution in [0.15, 0.2) is 53.2 Å². The van der Waals surface area contributed by atoms with Crippen LogP contribution in [0.4, 0.5) is 0 Å². The Morgan fingerprint density at radius 1 is 1.19 bits per heavy atom. The standard InChI is InChI=1S/C21H25N3O3/c1-16-4-6-17(7-5-16)18-15-19(20-3-2-12-27-20)24(22-18)21(25)8-9-23-10-13-26-14-11-23/h2-7,12,15,19,22H,8-11,13-14H2,1H3/t19-/m0/s1. The van der Waals surface area contributed by atoms with Gasteiger partial charge in [0.2, 0.25) is 5.91 Å². The van der Waals surface area contributed by atoms with Gasteiger partial charge in [0, 0.05) is 26.1 Å². The smallest absolute Gasteiger partial charge is 0.243 e. The van der Waals surface area contributed by atoms with Crippen LogP contribution < -0.4 is 5.43 Å². The molecule has 0 unspecified atom stereocenters. The Kier molecular flexibility index (Phi) is 5.27. The van der Waals surface area contributed by atoms with Gasteiger partial charge in [-0.05, 0) is 30.7 Å². The Hall–Kier alpha value is -2.57. The number of nitrogens with one attached hydrogen (secondary N) is 1. The molecule has 2 aliphatic rings. The van der Waals surface area contributed by atoms with Crippen LogP contribution in [-0.4, -0.2) is 48.7 Å². The highest BCUT2D eigenvalue weighted by Crippen LogP contribution is 2.32. The van der Waals surface area contributed by atoms with Crippen LogP contribution in [-0.2, 0) is 9.53 Å². The molecule has 1 aromatic carbocycles. The van der Waals surface area contributed by atoms with Crippen molar-refractivity contribution < 1.29 is 13.9 Å². The number of nitrogens with zero attached hydrogens (tertiary/aromatic N) is 2. The first-order valence-electron chi connectivity index (χ1n) is 9.42. The lowest BCUT2D eigenvalue weighted by Crippen LogP contribution is -2.43. The molecule has 4 rings (SSSR count). The summed E-state index contributed by atoms with van der Waals surface area (Å²) in [4.78, 5) is 15.2. The Morgan fingerprint density at radius 3 is 2.67 bits per heavy atom. The molecule has 27 heavy (non-hydrogen) atoms. The maximum atomic E-state index is 13.0. The molecule has 1 saturated heterocycles. The van der Waals surface area contributed by atoms with Gasteiger partial charge >= 0.3 is 0 Å². The molecule has 142 valence electrons. The van der Waals surface area contributed by atoms with E-state index in [-0.39, 0.29) is 11.9 Å². The second-order valence-electron chi connectivity index (χ2n) is 6.99. The molecule has 2 aromatic rings. The molecule has 3 heterocycles. The Balaban J connectivity index is 1.48. The van der Waals surface area contributed by atoms with Crippen LogP contribution in [0.25, 0.3) is 5.70 Å². The van der Waals surface area contributed by atoms with Gasteiger partial charge in [0.15, 0.2) is 0 Å². The molecule has 1 atom stereocenters. The predicted molar refractivity (Wildman–Crippen MR) is 102 cm³/mol. The Labute approximate surface area is 159 Å². The van der Waals surface area contributed by atoms with E-state index >= 15 is 0 Å². The van der Waals surface area contributed by atoms with Gasteiger partial charge in [-0.1, -0.05) is 29.8 Å². The summed E-state index contributed by atoms with van der Waals surface area (Å²) in [6, 6.07) is 11.8. The number of furan rings is 1. The number of hydrazine groups is 1. The molecule has 1 aromatic heterocycles. The van der Waals surface area contributed by atoms with Gasteiger partial charge in [0.1, 0.15) is 11.8 Å². The van der Waals surface area contributed by atoms with Crippen LogP contribution in [0.5, 0.6) is 0 Å². The van der Waals surface area contributed by atoms with Gasteiger partial charge in [0.25, 0.3) is 0 Å². The first-order chi connectivity index (χ1) is 13.2. The molecule has 0 bridgehead atoms. The minimum absolute atomic E-state index is 0.0567. The minimum atomic E-state index is -0.242. The Bertz CT molecular complexity index is 793. The van der Waals surface area contributed by atoms with Crippen molar-refractivity contribution in [3.8, 4) is 0 Å². The summed E-state index contributed by atoms with van der Waals surface area (Å²) in [7, 11) is 0. The topological polar surface area (TPSA) is 58.0 Å². The van der Waals surface area contributed by atoms with Gasteiger partial charge < -0.3 is 9.15 Å². The van der Waals surface area contributed by atoms with E-state index in [0.29, 0.717) is 6.42 Å². The number of hydrogen-bond acceptors (Lipinski definition) is 5. The predicted octanol–water partition coefficient (Wildman–Crippen LogP) is 2.74. The van der Waals surface area contributed by atoms with E-state index in [1.165, 1.54) is 5.56 Å². The molecule has 6 heteroatoms. The molecule has 1 amide bonds. The maximum Gasteiger partial charge on any atom is 0.243 e. The van der Waals surface area contributed by atoms with Crippen molar-refractivity contribution >= 4 is 11.6 Å². The van der Waals surface area contributed by atoms with Crippen molar-refractivity contribution in [1.82, 2.24) is 15.3 Å². The summed E-state index contributed by atoms with van der Waals surface area (Å²) < 4.78 is 11.0. The number of benzene rings is 1. The van der Waals surface area contributed by atoms with E-state index in [9.17, 15) is 4.79 Å². The van der Waals surface area contributed by atoms with E-state index in [0.717, 1.165) is 49.9 Å². The quantitative estimate of drug-likeness (QED) is 0.881. The minimum Gasteiger partial charge on any atom is -0.467 e. The number of aryl methyl sites for hydroxylation is 1. The van der Waals surface area contributed by atoms with Gasteiger partial charge in [-0.3, -0.25) is 15.1 Å². The molecular formula is C21H25N3O3. The zero-order valence-electron chi connectivity index (χ0n) is 15.6. The zero-order chi connectivity index (χ0) is 18.6. The fourth-order valence-electron chi connectivity index (χ4n) is 3.45. The van der Waals surface area contributed by atoms with Crippen LogP contribution in [0.3, 0.4) is 0 Å². The zero-order valence-corrected chi connectivity index (χ0v) is 15.6. The number of hydrogen-bond donors (Lipinski definition) is 1. The molecule has 6 nitrogen and oxygen atoms in total. The summed E-state index contributed by atoms with van der Waals surface area (Å²) >= 11 is 0. The van der Waals surface area contributed by atoms with Crippen molar-refractivity contribution in [1.29, 1.82) is 0 Å². The van der Waals surface area contributed by atoms with E-state index < -0.39 is 0 Å². The van der Waals surface area contributed by atoms with Gasteiger partial charge in [-0.15, -0.1) is 0 Å². The fraction of sp³-hybridized carbons (Fsp3) is 0.381. The molecule has 1 N–H and O–H groups in total.